The Morgan fingerprint density at radius 3 is 1.79 bits per heavy atom. The van der Waals surface area contributed by atoms with Crippen LogP contribution in [-0.2, 0) is 57.2 Å². The van der Waals surface area contributed by atoms with Crippen LogP contribution in [0.25, 0.3) is 0 Å². The zero-order valence-electron chi connectivity index (χ0n) is 45.0. The Morgan fingerprint density at radius 2 is 1.27 bits per heavy atom. The predicted molar refractivity (Wildman–Crippen MR) is 270 cm³/mol. The van der Waals surface area contributed by atoms with Crippen molar-refractivity contribution in [3.05, 3.63) is 82.0 Å². The largest absolute Gasteiger partial charge is 0.469 e. The average molecular weight is 973 g/mol. The molecule has 0 radical (unpaired) electrons. The SMILES string of the molecule is COC(=O)CC1(C(=O)OC)CC(/C=C(\C)CCC=C(C)C)C=C(CCOC(=O)C2C(/C=C(\C)CCC=C(C)C)C=C(C34C=CC(C(C)C)(CC3)CC4(CC(=O)OC)C(=O)OC)C(C)C2C(=O)OC)C1C. The molecular formula is C58H84O12. The number of ether oxygens (including phenoxy) is 6. The summed E-state index contributed by atoms with van der Waals surface area (Å²) in [4.78, 5) is 84.4. The Morgan fingerprint density at radius 1 is 0.686 bits per heavy atom. The van der Waals surface area contributed by atoms with Crippen molar-refractivity contribution in [3.8, 4) is 0 Å². The van der Waals surface area contributed by atoms with Crippen LogP contribution in [0.15, 0.2) is 82.0 Å². The van der Waals surface area contributed by atoms with Gasteiger partial charge in [0.1, 0.15) is 0 Å². The minimum Gasteiger partial charge on any atom is -0.469 e. The first-order valence-electron chi connectivity index (χ1n) is 25.3. The lowest BCUT2D eigenvalue weighted by Gasteiger charge is -2.63. The topological polar surface area (TPSA) is 158 Å². The molecule has 5 aliphatic carbocycles. The lowest BCUT2D eigenvalue weighted by Crippen LogP contribution is -2.61. The maximum Gasteiger partial charge on any atom is 0.313 e. The molecule has 0 aromatic heterocycles. The number of rotatable bonds is 21. The highest BCUT2D eigenvalue weighted by molar-refractivity contribution is 5.88. The molecule has 5 aliphatic rings. The number of hydrogen-bond donors (Lipinski definition) is 0. The normalized spacial score (nSPS) is 30.6. The first-order valence-corrected chi connectivity index (χ1v) is 25.3. The van der Waals surface area contributed by atoms with Gasteiger partial charge in [-0.25, -0.2) is 0 Å². The molecule has 1 fully saturated rings. The molecule has 0 aliphatic heterocycles. The van der Waals surface area contributed by atoms with Gasteiger partial charge in [0.05, 0.1) is 77.7 Å². The molecule has 0 aromatic rings. The maximum atomic E-state index is 15.0. The zero-order chi connectivity index (χ0) is 52.4. The number of methoxy groups -OCH3 is 5. The van der Waals surface area contributed by atoms with E-state index < -0.39 is 81.7 Å². The monoisotopic (exact) mass is 973 g/mol. The highest BCUT2D eigenvalue weighted by Gasteiger charge is 2.68. The fraction of sp³-hybridized carbons (Fsp3) is 0.655. The molecule has 0 amide bonds. The van der Waals surface area contributed by atoms with Crippen molar-refractivity contribution in [3.63, 3.8) is 0 Å². The quantitative estimate of drug-likeness (QED) is 0.0610. The van der Waals surface area contributed by atoms with Crippen molar-refractivity contribution >= 4 is 35.8 Å². The van der Waals surface area contributed by atoms with Crippen LogP contribution in [0, 0.1) is 63.1 Å². The van der Waals surface area contributed by atoms with Crippen molar-refractivity contribution in [2.24, 2.45) is 63.1 Å². The minimum atomic E-state index is -1.37. The van der Waals surface area contributed by atoms with Gasteiger partial charge in [-0.2, -0.15) is 0 Å². The van der Waals surface area contributed by atoms with Crippen LogP contribution in [0.4, 0.5) is 0 Å². The molecule has 388 valence electrons. The van der Waals surface area contributed by atoms with E-state index in [9.17, 15) is 24.0 Å². The average Bonchev–Trinajstić information content (AvgIpc) is 3.32. The van der Waals surface area contributed by atoms with Crippen LogP contribution < -0.4 is 0 Å². The van der Waals surface area contributed by atoms with Crippen LogP contribution in [0.3, 0.4) is 0 Å². The van der Waals surface area contributed by atoms with Gasteiger partial charge in [0.2, 0.25) is 0 Å². The van der Waals surface area contributed by atoms with Crippen LogP contribution >= 0.6 is 0 Å². The summed E-state index contributed by atoms with van der Waals surface area (Å²) in [7, 11) is 6.59. The third kappa shape index (κ3) is 12.2. The summed E-state index contributed by atoms with van der Waals surface area (Å²) in [5, 5.41) is 0. The van der Waals surface area contributed by atoms with E-state index in [4.69, 9.17) is 28.4 Å². The van der Waals surface area contributed by atoms with E-state index in [1.54, 1.807) is 0 Å². The van der Waals surface area contributed by atoms with Crippen molar-refractivity contribution in [2.75, 3.05) is 42.2 Å². The van der Waals surface area contributed by atoms with Gasteiger partial charge in [0.15, 0.2) is 0 Å². The summed E-state index contributed by atoms with van der Waals surface area (Å²) in [6.07, 6.45) is 21.9. The predicted octanol–water partition coefficient (Wildman–Crippen LogP) is 11.3. The molecule has 0 aromatic carbocycles. The molecule has 0 spiro atoms. The fourth-order valence-electron chi connectivity index (χ4n) is 12.5. The zero-order valence-corrected chi connectivity index (χ0v) is 45.0. The minimum absolute atomic E-state index is 0.0691. The Labute approximate surface area is 418 Å². The molecule has 1 saturated carbocycles. The summed E-state index contributed by atoms with van der Waals surface area (Å²) >= 11 is 0. The Kier molecular flexibility index (Phi) is 20.1. The Bertz CT molecular complexity index is 2180. The maximum absolute atomic E-state index is 15.0. The molecule has 0 saturated heterocycles. The van der Waals surface area contributed by atoms with Gasteiger partial charge >= 0.3 is 35.8 Å². The summed E-state index contributed by atoms with van der Waals surface area (Å²) in [6, 6.07) is 0. The third-order valence-corrected chi connectivity index (χ3v) is 16.5. The number of fused-ring (bicyclic) bond motifs is 2. The smallest absolute Gasteiger partial charge is 0.313 e. The van der Waals surface area contributed by atoms with Crippen LogP contribution in [0.5, 0.6) is 0 Å². The number of allylic oxidation sites excluding steroid dienone is 13. The number of esters is 6. The van der Waals surface area contributed by atoms with Crippen LogP contribution in [0.2, 0.25) is 0 Å². The lowest BCUT2D eigenvalue weighted by molar-refractivity contribution is -0.178. The van der Waals surface area contributed by atoms with Crippen molar-refractivity contribution < 1.29 is 57.2 Å². The second-order valence-electron chi connectivity index (χ2n) is 21.6. The van der Waals surface area contributed by atoms with E-state index in [0.29, 0.717) is 25.7 Å². The summed E-state index contributed by atoms with van der Waals surface area (Å²) in [5.74, 6) is -7.21. The number of carbonyl (C=O) groups excluding carboxylic acids is 6. The van der Waals surface area contributed by atoms with E-state index >= 15 is 4.79 Å². The highest BCUT2D eigenvalue weighted by Crippen LogP contribution is 2.70. The van der Waals surface area contributed by atoms with E-state index in [1.165, 1.54) is 46.7 Å². The highest BCUT2D eigenvalue weighted by atomic mass is 16.5. The Hall–Kier alpha value is -5.00. The van der Waals surface area contributed by atoms with Gasteiger partial charge in [-0.15, -0.1) is 0 Å². The van der Waals surface area contributed by atoms with Crippen LogP contribution in [-0.4, -0.2) is 78.0 Å². The van der Waals surface area contributed by atoms with Gasteiger partial charge in [-0.1, -0.05) is 110 Å². The molecule has 0 N–H and O–H groups in total. The molecule has 12 heteroatoms. The van der Waals surface area contributed by atoms with Crippen molar-refractivity contribution in [2.45, 2.75) is 140 Å². The first-order chi connectivity index (χ1) is 33.0. The van der Waals surface area contributed by atoms with E-state index in [-0.39, 0.29) is 43.1 Å². The molecule has 2 bridgehead atoms. The molecular weight excluding hydrogens is 889 g/mol. The van der Waals surface area contributed by atoms with Gasteiger partial charge in [-0.05, 0) is 122 Å². The summed E-state index contributed by atoms with van der Waals surface area (Å²) in [5.41, 5.74) is 2.11. The molecule has 12 nitrogen and oxygen atoms in total. The fourth-order valence-corrected chi connectivity index (χ4v) is 12.5. The van der Waals surface area contributed by atoms with Crippen molar-refractivity contribution in [1.29, 1.82) is 0 Å². The molecule has 70 heavy (non-hydrogen) atoms. The van der Waals surface area contributed by atoms with Gasteiger partial charge in [0, 0.05) is 17.8 Å². The Balaban J connectivity index is 1.87. The van der Waals surface area contributed by atoms with Crippen molar-refractivity contribution in [1.82, 2.24) is 0 Å². The second kappa shape index (κ2) is 24.4. The first kappa shape index (κ1) is 57.6. The number of hydrogen-bond acceptors (Lipinski definition) is 12. The van der Waals surface area contributed by atoms with E-state index in [1.807, 2.05) is 46.8 Å². The van der Waals surface area contributed by atoms with E-state index in [0.717, 1.165) is 48.0 Å². The lowest BCUT2D eigenvalue weighted by atomic mass is 9.39. The van der Waals surface area contributed by atoms with Gasteiger partial charge in [-0.3, -0.25) is 28.8 Å². The van der Waals surface area contributed by atoms with E-state index in [2.05, 4.69) is 71.1 Å². The number of carbonyl (C=O) groups is 6. The second-order valence-corrected chi connectivity index (χ2v) is 21.6. The molecule has 10 unspecified atom stereocenters. The molecule has 5 rings (SSSR count). The standard InChI is InChI=1S/C58H84O12/c1-36(2)18-16-20-39(7)28-43-30-44(42(10)56(32-43,53(63)68-14)33-47(59)65-11)22-27-70-52(62)50-45(29-40(8)21-17-19-37(3)4)31-46(41(9)49(50)51(61)67-13)57-25-23-55(24-26-57,38(5)6)35-58(57,54(64)69-15)34-48(60)66-12/h18-19,23,25,28-31,38,41-43,45,49-50H,16-17,20-22,24,26-27,32-35H2,1-15H3/b39-28+,40-29+. The molecule has 0 heterocycles. The van der Waals surface area contributed by atoms with Gasteiger partial charge < -0.3 is 28.4 Å². The van der Waals surface area contributed by atoms with Crippen LogP contribution in [0.1, 0.15) is 140 Å². The van der Waals surface area contributed by atoms with Gasteiger partial charge in [0.25, 0.3) is 0 Å². The summed E-state index contributed by atoms with van der Waals surface area (Å²) in [6.45, 7) is 20.3. The summed E-state index contributed by atoms with van der Waals surface area (Å²) < 4.78 is 33.3. The third-order valence-electron chi connectivity index (χ3n) is 16.5. The molecule has 10 atom stereocenters.